The maximum Gasteiger partial charge on any atom is 0.256 e. The number of fused-ring (bicyclic) bond motifs is 2. The molecule has 2 heterocycles. The minimum absolute atomic E-state index is 0.0553. The molecule has 0 bridgehead atoms. The van der Waals surface area contributed by atoms with Crippen LogP contribution in [0.5, 0.6) is 0 Å². The van der Waals surface area contributed by atoms with Crippen LogP contribution in [0.4, 0.5) is 5.69 Å². The highest BCUT2D eigenvalue weighted by Gasteiger charge is 2.41. The Morgan fingerprint density at radius 1 is 1.17 bits per heavy atom. The van der Waals surface area contributed by atoms with E-state index in [1.54, 1.807) is 21.9 Å². The van der Waals surface area contributed by atoms with Crippen LogP contribution < -0.4 is 10.2 Å². The third-order valence-corrected chi connectivity index (χ3v) is 6.01. The topological polar surface area (TPSA) is 69.7 Å². The Morgan fingerprint density at radius 2 is 1.97 bits per heavy atom. The molecule has 2 aliphatic rings. The zero-order valence-electron chi connectivity index (χ0n) is 17.4. The maximum absolute atomic E-state index is 13.4. The number of hydrogen-bond donors (Lipinski definition) is 1. The molecular formula is C24H27N3O3. The predicted molar refractivity (Wildman–Crippen MR) is 115 cm³/mol. The Kier molecular flexibility index (Phi) is 5.57. The summed E-state index contributed by atoms with van der Waals surface area (Å²) >= 11 is 0. The average Bonchev–Trinajstić information content (AvgIpc) is 3.24. The molecule has 1 saturated heterocycles. The summed E-state index contributed by atoms with van der Waals surface area (Å²) in [5.41, 5.74) is 2.62. The van der Waals surface area contributed by atoms with Crippen LogP contribution in [0.15, 0.2) is 48.5 Å². The fourth-order valence-electron chi connectivity index (χ4n) is 4.18. The molecular weight excluding hydrogens is 378 g/mol. The van der Waals surface area contributed by atoms with Crippen molar-refractivity contribution in [1.29, 1.82) is 0 Å². The van der Waals surface area contributed by atoms with Gasteiger partial charge in [-0.3, -0.25) is 14.4 Å². The number of nitrogens with one attached hydrogen (secondary N) is 1. The molecule has 2 aromatic carbocycles. The summed E-state index contributed by atoms with van der Waals surface area (Å²) in [5.74, 6) is -0.253. The van der Waals surface area contributed by atoms with Crippen molar-refractivity contribution < 1.29 is 14.4 Å². The lowest BCUT2D eigenvalue weighted by Crippen LogP contribution is -2.44. The van der Waals surface area contributed by atoms with E-state index in [0.29, 0.717) is 36.3 Å². The Hall–Kier alpha value is -3.15. The smallest absolute Gasteiger partial charge is 0.256 e. The molecule has 156 valence electrons. The highest BCUT2D eigenvalue weighted by Crippen LogP contribution is 2.33. The number of carbonyl (C=O) groups excluding carboxylic acids is 3. The molecule has 0 saturated carbocycles. The molecule has 2 atom stereocenters. The number of hydrogen-bond acceptors (Lipinski definition) is 3. The van der Waals surface area contributed by atoms with Crippen LogP contribution in [-0.4, -0.2) is 41.2 Å². The van der Waals surface area contributed by atoms with Gasteiger partial charge in [0.1, 0.15) is 6.04 Å². The minimum atomic E-state index is -0.415. The van der Waals surface area contributed by atoms with Gasteiger partial charge in [-0.1, -0.05) is 31.2 Å². The van der Waals surface area contributed by atoms with Gasteiger partial charge in [-0.2, -0.15) is 0 Å². The zero-order chi connectivity index (χ0) is 21.3. The zero-order valence-corrected chi connectivity index (χ0v) is 17.4. The van der Waals surface area contributed by atoms with Crippen molar-refractivity contribution in [2.45, 2.75) is 51.7 Å². The summed E-state index contributed by atoms with van der Waals surface area (Å²) < 4.78 is 0. The summed E-state index contributed by atoms with van der Waals surface area (Å²) in [6.07, 6.45) is 2.38. The number of rotatable bonds is 5. The third-order valence-electron chi connectivity index (χ3n) is 6.01. The van der Waals surface area contributed by atoms with Crippen LogP contribution in [0.1, 0.15) is 59.4 Å². The number of carbonyl (C=O) groups is 3. The molecule has 0 aromatic heterocycles. The maximum atomic E-state index is 13.4. The highest BCUT2D eigenvalue weighted by atomic mass is 16.2. The summed E-state index contributed by atoms with van der Waals surface area (Å²) in [7, 11) is 0. The Bertz CT molecular complexity index is 987. The molecule has 1 N–H and O–H groups in total. The Balaban J connectivity index is 1.66. The first-order valence-electron chi connectivity index (χ1n) is 10.6. The molecule has 2 aliphatic heterocycles. The molecule has 6 nitrogen and oxygen atoms in total. The monoisotopic (exact) mass is 405 g/mol. The molecule has 1 fully saturated rings. The van der Waals surface area contributed by atoms with Crippen molar-refractivity contribution in [3.63, 3.8) is 0 Å². The lowest BCUT2D eigenvalue weighted by Gasteiger charge is -2.26. The summed E-state index contributed by atoms with van der Waals surface area (Å²) in [6, 6.07) is 14.3. The van der Waals surface area contributed by atoms with Crippen molar-refractivity contribution in [2.75, 3.05) is 11.4 Å². The van der Waals surface area contributed by atoms with Gasteiger partial charge in [0.15, 0.2) is 0 Å². The SMILES string of the molecule is CC[C@@H](C)NC(=O)c1cccc(CN2C(=O)[C@H]3CCCN3C(=O)c3ccccc32)c1. The van der Waals surface area contributed by atoms with Gasteiger partial charge in [0.2, 0.25) is 5.91 Å². The fraction of sp³-hybridized carbons (Fsp3) is 0.375. The minimum Gasteiger partial charge on any atom is -0.350 e. The van der Waals surface area contributed by atoms with Gasteiger partial charge in [-0.25, -0.2) is 0 Å². The number of anilines is 1. The molecule has 2 aromatic rings. The van der Waals surface area contributed by atoms with E-state index in [1.165, 1.54) is 0 Å². The molecule has 0 aliphatic carbocycles. The quantitative estimate of drug-likeness (QED) is 0.829. The molecule has 3 amide bonds. The van der Waals surface area contributed by atoms with Gasteiger partial charge in [-0.15, -0.1) is 0 Å². The fourth-order valence-corrected chi connectivity index (χ4v) is 4.18. The lowest BCUT2D eigenvalue weighted by atomic mass is 10.1. The standard InChI is InChI=1S/C24H27N3O3/c1-3-16(2)25-22(28)18-9-6-8-17(14-18)15-27-20-11-5-4-10-19(20)23(29)26-13-7-12-21(26)24(27)30/h4-6,8-11,14,16,21H,3,7,12-13,15H2,1-2H3,(H,25,28)/t16-,21-/m1/s1. The summed E-state index contributed by atoms with van der Waals surface area (Å²) in [5, 5.41) is 2.98. The largest absolute Gasteiger partial charge is 0.350 e. The molecule has 0 spiro atoms. The Morgan fingerprint density at radius 3 is 2.77 bits per heavy atom. The normalized spacial score (nSPS) is 19.2. The van der Waals surface area contributed by atoms with Gasteiger partial charge in [0.05, 0.1) is 17.8 Å². The molecule has 0 radical (unpaired) electrons. The van der Waals surface area contributed by atoms with E-state index in [0.717, 1.165) is 18.4 Å². The van der Waals surface area contributed by atoms with E-state index in [9.17, 15) is 14.4 Å². The third kappa shape index (κ3) is 3.70. The highest BCUT2D eigenvalue weighted by molar-refractivity contribution is 6.11. The van der Waals surface area contributed by atoms with Gasteiger partial charge < -0.3 is 15.1 Å². The second-order valence-electron chi connectivity index (χ2n) is 8.08. The van der Waals surface area contributed by atoms with Crippen LogP contribution >= 0.6 is 0 Å². The van der Waals surface area contributed by atoms with Crippen LogP contribution in [0, 0.1) is 0 Å². The summed E-state index contributed by atoms with van der Waals surface area (Å²) in [6.45, 7) is 4.93. The molecule has 30 heavy (non-hydrogen) atoms. The molecule has 0 unspecified atom stereocenters. The Labute approximate surface area is 176 Å². The van der Waals surface area contributed by atoms with E-state index in [2.05, 4.69) is 5.32 Å². The number of nitrogens with zero attached hydrogens (tertiary/aromatic N) is 2. The molecule has 4 rings (SSSR count). The van der Waals surface area contributed by atoms with Crippen molar-refractivity contribution >= 4 is 23.4 Å². The number of para-hydroxylation sites is 1. The van der Waals surface area contributed by atoms with Gasteiger partial charge in [-0.05, 0) is 56.0 Å². The molecule has 6 heteroatoms. The van der Waals surface area contributed by atoms with Crippen molar-refractivity contribution in [1.82, 2.24) is 10.2 Å². The average molecular weight is 405 g/mol. The van der Waals surface area contributed by atoms with Crippen LogP contribution in [0.3, 0.4) is 0 Å². The lowest BCUT2D eigenvalue weighted by molar-refractivity contribution is -0.122. The van der Waals surface area contributed by atoms with E-state index in [-0.39, 0.29) is 23.8 Å². The first kappa shape index (κ1) is 20.1. The first-order chi connectivity index (χ1) is 14.5. The number of benzene rings is 2. The van der Waals surface area contributed by atoms with Gasteiger partial charge in [0.25, 0.3) is 11.8 Å². The van der Waals surface area contributed by atoms with Gasteiger partial charge in [0, 0.05) is 18.2 Å². The second-order valence-corrected chi connectivity index (χ2v) is 8.08. The van der Waals surface area contributed by atoms with Crippen LogP contribution in [-0.2, 0) is 11.3 Å². The first-order valence-corrected chi connectivity index (χ1v) is 10.6. The van der Waals surface area contributed by atoms with Crippen LogP contribution in [0.2, 0.25) is 0 Å². The van der Waals surface area contributed by atoms with E-state index in [4.69, 9.17) is 0 Å². The van der Waals surface area contributed by atoms with Crippen molar-refractivity contribution in [2.24, 2.45) is 0 Å². The summed E-state index contributed by atoms with van der Waals surface area (Å²) in [4.78, 5) is 42.4. The van der Waals surface area contributed by atoms with Crippen LogP contribution in [0.25, 0.3) is 0 Å². The van der Waals surface area contributed by atoms with Gasteiger partial charge >= 0.3 is 0 Å². The number of amides is 3. The predicted octanol–water partition coefficient (Wildman–Crippen LogP) is 3.37. The van der Waals surface area contributed by atoms with E-state index in [1.807, 2.05) is 50.2 Å². The van der Waals surface area contributed by atoms with E-state index >= 15 is 0 Å². The van der Waals surface area contributed by atoms with E-state index < -0.39 is 6.04 Å². The second kappa shape index (κ2) is 8.30. The van der Waals surface area contributed by atoms with Crippen molar-refractivity contribution in [3.8, 4) is 0 Å². The van der Waals surface area contributed by atoms with Crippen molar-refractivity contribution in [3.05, 3.63) is 65.2 Å².